The third kappa shape index (κ3) is 3.83. The van der Waals surface area contributed by atoms with Gasteiger partial charge in [0.05, 0.1) is 6.04 Å². The minimum Gasteiger partial charge on any atom is -0.463 e. The van der Waals surface area contributed by atoms with Gasteiger partial charge in [-0.15, -0.1) is 0 Å². The monoisotopic (exact) mass is 161 g/mol. The summed E-state index contributed by atoms with van der Waals surface area (Å²) in [7, 11) is 0. The smallest absolute Gasteiger partial charge is 0.431 e. The fraction of sp³-hybridized carbons (Fsp3) is 0.857. The van der Waals surface area contributed by atoms with Crippen molar-refractivity contribution in [2.24, 2.45) is 0 Å². The lowest BCUT2D eigenvalue weighted by molar-refractivity contribution is -0.0934. The van der Waals surface area contributed by atoms with Crippen LogP contribution < -0.4 is 0 Å². The summed E-state index contributed by atoms with van der Waals surface area (Å²) in [6.45, 7) is 3.71. The molecule has 1 atom stereocenters. The Morgan fingerprint density at radius 1 is 1.64 bits per heavy atom. The summed E-state index contributed by atoms with van der Waals surface area (Å²) in [6, 6.07) is -0.299. The first-order valence-electron chi connectivity index (χ1n) is 3.80. The number of nitrogens with zero attached hydrogens (tertiary/aromatic N) is 1. The molecule has 0 aromatic heterocycles. The lowest BCUT2D eigenvalue weighted by atomic mass is 10.1. The summed E-state index contributed by atoms with van der Waals surface area (Å²) in [5, 5.41) is 17.5. The lowest BCUT2D eigenvalue weighted by Crippen LogP contribution is -2.34. The van der Waals surface area contributed by atoms with Crippen molar-refractivity contribution < 1.29 is 15.1 Å². The molecule has 0 radical (unpaired) electrons. The minimum absolute atomic E-state index is 0.299. The quantitative estimate of drug-likeness (QED) is 0.489. The van der Waals surface area contributed by atoms with Crippen LogP contribution in [-0.4, -0.2) is 27.5 Å². The van der Waals surface area contributed by atoms with E-state index in [1.807, 2.05) is 6.92 Å². The van der Waals surface area contributed by atoms with Crippen LogP contribution in [0.1, 0.15) is 33.1 Å². The van der Waals surface area contributed by atoms with Crippen molar-refractivity contribution in [3.8, 4) is 0 Å². The Bertz CT molecular complexity index is 127. The highest BCUT2D eigenvalue weighted by Crippen LogP contribution is 2.05. The van der Waals surface area contributed by atoms with Gasteiger partial charge in [-0.25, -0.2) is 4.79 Å². The van der Waals surface area contributed by atoms with Crippen LogP contribution in [0.2, 0.25) is 0 Å². The van der Waals surface area contributed by atoms with Crippen LogP contribution in [0.4, 0.5) is 4.79 Å². The maximum atomic E-state index is 10.2. The number of hydroxylamine groups is 2. The number of carbonyl (C=O) groups is 1. The standard InChI is InChI=1S/C7H15NO3/c1-3-4-5-6(2)8(11)7(9)10/h6,11H,3-5H2,1-2H3,(H,9,10)/t6-/m0/s1. The van der Waals surface area contributed by atoms with Crippen molar-refractivity contribution in [1.82, 2.24) is 5.06 Å². The molecule has 4 heteroatoms. The molecule has 11 heavy (non-hydrogen) atoms. The summed E-state index contributed by atoms with van der Waals surface area (Å²) >= 11 is 0. The second-order valence-corrected chi connectivity index (χ2v) is 2.62. The Kier molecular flexibility index (Phi) is 4.61. The van der Waals surface area contributed by atoms with Crippen LogP contribution in [0.3, 0.4) is 0 Å². The van der Waals surface area contributed by atoms with Crippen LogP contribution in [0, 0.1) is 0 Å². The zero-order valence-corrected chi connectivity index (χ0v) is 6.95. The highest BCUT2D eigenvalue weighted by atomic mass is 16.6. The van der Waals surface area contributed by atoms with Crippen molar-refractivity contribution in [1.29, 1.82) is 0 Å². The van der Waals surface area contributed by atoms with Crippen molar-refractivity contribution >= 4 is 6.09 Å². The van der Waals surface area contributed by atoms with E-state index in [-0.39, 0.29) is 6.04 Å². The van der Waals surface area contributed by atoms with E-state index in [4.69, 9.17) is 10.3 Å². The summed E-state index contributed by atoms with van der Waals surface area (Å²) in [4.78, 5) is 10.2. The van der Waals surface area contributed by atoms with E-state index < -0.39 is 6.09 Å². The van der Waals surface area contributed by atoms with Crippen molar-refractivity contribution in [3.05, 3.63) is 0 Å². The van der Waals surface area contributed by atoms with Gasteiger partial charge in [-0.05, 0) is 13.3 Å². The Morgan fingerprint density at radius 3 is 2.55 bits per heavy atom. The zero-order valence-electron chi connectivity index (χ0n) is 6.95. The molecular weight excluding hydrogens is 146 g/mol. The van der Waals surface area contributed by atoms with Crippen LogP contribution in [-0.2, 0) is 0 Å². The van der Waals surface area contributed by atoms with Gasteiger partial charge in [0.2, 0.25) is 0 Å². The van der Waals surface area contributed by atoms with Crippen molar-refractivity contribution in [2.75, 3.05) is 0 Å². The predicted molar refractivity (Wildman–Crippen MR) is 40.6 cm³/mol. The molecule has 0 heterocycles. The van der Waals surface area contributed by atoms with E-state index in [2.05, 4.69) is 0 Å². The second kappa shape index (κ2) is 4.96. The first-order chi connectivity index (χ1) is 5.09. The summed E-state index contributed by atoms with van der Waals surface area (Å²) in [5.41, 5.74) is 0. The average molecular weight is 161 g/mol. The Morgan fingerprint density at radius 2 is 2.18 bits per heavy atom. The lowest BCUT2D eigenvalue weighted by Gasteiger charge is -2.18. The molecule has 4 nitrogen and oxygen atoms in total. The van der Waals surface area contributed by atoms with Crippen LogP contribution in [0.5, 0.6) is 0 Å². The van der Waals surface area contributed by atoms with Crippen LogP contribution in [0.15, 0.2) is 0 Å². The molecule has 0 aromatic carbocycles. The number of amides is 1. The molecule has 0 aliphatic carbocycles. The topological polar surface area (TPSA) is 60.8 Å². The summed E-state index contributed by atoms with van der Waals surface area (Å²) < 4.78 is 0. The maximum Gasteiger partial charge on any atom is 0.431 e. The molecule has 0 rings (SSSR count). The van der Waals surface area contributed by atoms with E-state index >= 15 is 0 Å². The largest absolute Gasteiger partial charge is 0.463 e. The molecule has 0 unspecified atom stereocenters. The fourth-order valence-corrected chi connectivity index (χ4v) is 0.810. The molecular formula is C7H15NO3. The maximum absolute atomic E-state index is 10.2. The summed E-state index contributed by atoms with van der Waals surface area (Å²) in [6.07, 6.45) is 1.37. The average Bonchev–Trinajstić information content (AvgIpc) is 1.98. The number of unbranched alkanes of at least 4 members (excludes halogenated alkanes) is 1. The second-order valence-electron chi connectivity index (χ2n) is 2.62. The highest BCUT2D eigenvalue weighted by Gasteiger charge is 2.15. The molecule has 0 fully saturated rings. The van der Waals surface area contributed by atoms with Gasteiger partial charge >= 0.3 is 6.09 Å². The third-order valence-electron chi connectivity index (χ3n) is 1.59. The molecule has 0 saturated heterocycles. The molecule has 66 valence electrons. The molecule has 0 bridgehead atoms. The van der Waals surface area contributed by atoms with Gasteiger partial charge in [-0.2, -0.15) is 5.06 Å². The van der Waals surface area contributed by atoms with Gasteiger partial charge in [0.25, 0.3) is 0 Å². The number of rotatable bonds is 4. The fourth-order valence-electron chi connectivity index (χ4n) is 0.810. The minimum atomic E-state index is -1.28. The van der Waals surface area contributed by atoms with Gasteiger partial charge in [0, 0.05) is 0 Å². The number of hydrogen-bond donors (Lipinski definition) is 2. The number of hydrogen-bond acceptors (Lipinski definition) is 2. The third-order valence-corrected chi connectivity index (χ3v) is 1.59. The first-order valence-corrected chi connectivity index (χ1v) is 3.80. The van der Waals surface area contributed by atoms with Crippen molar-refractivity contribution in [3.63, 3.8) is 0 Å². The van der Waals surface area contributed by atoms with Gasteiger partial charge in [-0.1, -0.05) is 19.8 Å². The van der Waals surface area contributed by atoms with Crippen LogP contribution >= 0.6 is 0 Å². The van der Waals surface area contributed by atoms with E-state index in [0.29, 0.717) is 11.5 Å². The molecule has 0 saturated carbocycles. The van der Waals surface area contributed by atoms with E-state index in [1.165, 1.54) is 0 Å². The van der Waals surface area contributed by atoms with Crippen LogP contribution in [0.25, 0.3) is 0 Å². The Labute approximate surface area is 66.4 Å². The molecule has 0 aliphatic rings. The normalized spacial score (nSPS) is 12.6. The van der Waals surface area contributed by atoms with E-state index in [0.717, 1.165) is 12.8 Å². The van der Waals surface area contributed by atoms with Gasteiger partial charge in [-0.3, -0.25) is 5.21 Å². The zero-order chi connectivity index (χ0) is 8.85. The van der Waals surface area contributed by atoms with Crippen molar-refractivity contribution in [2.45, 2.75) is 39.2 Å². The molecule has 0 spiro atoms. The van der Waals surface area contributed by atoms with Gasteiger partial charge in [0.15, 0.2) is 0 Å². The van der Waals surface area contributed by atoms with E-state index in [9.17, 15) is 4.79 Å². The Hall–Kier alpha value is -0.770. The summed E-state index contributed by atoms with van der Waals surface area (Å²) in [5.74, 6) is 0. The molecule has 0 aromatic rings. The SMILES string of the molecule is CCCC[C@H](C)N(O)C(=O)O. The van der Waals surface area contributed by atoms with Gasteiger partial charge in [0.1, 0.15) is 0 Å². The first kappa shape index (κ1) is 10.2. The predicted octanol–water partition coefficient (Wildman–Crippen LogP) is 1.93. The highest BCUT2D eigenvalue weighted by molar-refractivity contribution is 5.63. The van der Waals surface area contributed by atoms with E-state index in [1.54, 1.807) is 6.92 Å². The molecule has 2 N–H and O–H groups in total. The Balaban J connectivity index is 3.63. The molecule has 0 aliphatic heterocycles. The van der Waals surface area contributed by atoms with Gasteiger partial charge < -0.3 is 5.11 Å². The molecule has 1 amide bonds. The number of carboxylic acid groups (broad SMARTS) is 1.